The van der Waals surface area contributed by atoms with Crippen molar-refractivity contribution in [1.82, 2.24) is 0 Å². The number of hydrogen-bond acceptors (Lipinski definition) is 0. The van der Waals surface area contributed by atoms with Gasteiger partial charge in [-0.2, -0.15) is 0 Å². The summed E-state index contributed by atoms with van der Waals surface area (Å²) in [6.07, 6.45) is 36.1. The molecule has 0 saturated carbocycles. The van der Waals surface area contributed by atoms with Crippen molar-refractivity contribution in [2.45, 2.75) is 119 Å². The average Bonchev–Trinajstić information content (AvgIpc) is 2.88. The van der Waals surface area contributed by atoms with Crippen molar-refractivity contribution in [3.8, 4) is 45.1 Å². The molecule has 3 heteroatoms. The second-order valence-corrected chi connectivity index (χ2v) is 15.7. The predicted molar refractivity (Wildman–Crippen MR) is 166 cm³/mol. The van der Waals surface area contributed by atoms with Gasteiger partial charge >= 0.3 is 63.7 Å². The van der Waals surface area contributed by atoms with Crippen molar-refractivity contribution in [3.05, 3.63) is 0 Å². The topological polar surface area (TPSA) is 0 Å². The monoisotopic (exact) mass is 697 g/mol. The Morgan fingerprint density at radius 2 is 0.686 bits per heavy atom. The smallest absolute Gasteiger partial charge is 0.0326 e. The summed E-state index contributed by atoms with van der Waals surface area (Å²) in [4.78, 5) is 0. The summed E-state index contributed by atoms with van der Waals surface area (Å²) >= 11 is -0.404. The summed E-state index contributed by atoms with van der Waals surface area (Å²) in [5.74, 6) is 9.31. The zero-order valence-electron chi connectivity index (χ0n) is 24.1. The third-order valence-corrected chi connectivity index (χ3v) is 12.1. The number of hydrogen-bond donors (Lipinski definition) is 0. The molecule has 0 aromatic carbocycles. The van der Waals surface area contributed by atoms with Gasteiger partial charge in [-0.3, -0.25) is 0 Å². The molecule has 0 saturated heterocycles. The van der Waals surface area contributed by atoms with E-state index in [1.165, 1.54) is 77.0 Å². The van der Waals surface area contributed by atoms with E-state index >= 15 is 0 Å². The molecule has 0 nitrogen and oxygen atoms in total. The van der Waals surface area contributed by atoms with Crippen LogP contribution in [0.1, 0.15) is 119 Å². The summed E-state index contributed by atoms with van der Waals surface area (Å²) < 4.78 is 5.45. The van der Waals surface area contributed by atoms with Crippen molar-refractivity contribution in [3.63, 3.8) is 0 Å². The van der Waals surface area contributed by atoms with Crippen LogP contribution >= 0.6 is 15.8 Å². The summed E-state index contributed by atoms with van der Waals surface area (Å²) in [6.45, 7) is 13.9. The van der Waals surface area contributed by atoms with Gasteiger partial charge in [-0.1, -0.05) is 80.1 Å². The Balaban J connectivity index is -0.000000448. The van der Waals surface area contributed by atoms with Gasteiger partial charge in [-0.25, -0.2) is 0 Å². The third kappa shape index (κ3) is 38.5. The quantitative estimate of drug-likeness (QED) is 0.0989. The molecule has 0 aliphatic rings. The molecule has 0 aliphatic carbocycles. The molecule has 0 bridgehead atoms. The van der Waals surface area contributed by atoms with E-state index in [2.05, 4.69) is 73.8 Å². The van der Waals surface area contributed by atoms with Gasteiger partial charge in [0.25, 0.3) is 0 Å². The molecule has 204 valence electrons. The van der Waals surface area contributed by atoms with E-state index in [0.29, 0.717) is 15.8 Å². The second-order valence-electron chi connectivity index (χ2n) is 8.58. The SMILES string of the molecule is C#CC#[C][Pt][C]#CC#C.CCCCP(CCCC)CCCC.CCCCP(CCCC)CCCC. The van der Waals surface area contributed by atoms with Gasteiger partial charge in [0, 0.05) is 0 Å². The number of rotatable bonds is 18. The Morgan fingerprint density at radius 1 is 0.457 bits per heavy atom. The third-order valence-electron chi connectivity index (χ3n) is 5.27. The molecule has 0 N–H and O–H groups in total. The minimum absolute atomic E-state index is 0.404. The van der Waals surface area contributed by atoms with Crippen LogP contribution in [0.15, 0.2) is 0 Å². The van der Waals surface area contributed by atoms with Gasteiger partial charge in [0.2, 0.25) is 0 Å². The van der Waals surface area contributed by atoms with Crippen molar-refractivity contribution in [2.75, 3.05) is 37.0 Å². The minimum Gasteiger partial charge on any atom is -0.107 e. The average molecular weight is 698 g/mol. The van der Waals surface area contributed by atoms with E-state index in [0.717, 1.165) is 0 Å². The molecular weight excluding hydrogens is 641 g/mol. The van der Waals surface area contributed by atoms with Gasteiger partial charge in [0.1, 0.15) is 0 Å². The molecule has 0 aromatic rings. The minimum atomic E-state index is -0.404. The fourth-order valence-electron chi connectivity index (χ4n) is 3.07. The van der Waals surface area contributed by atoms with Crippen LogP contribution < -0.4 is 0 Å². The van der Waals surface area contributed by atoms with Gasteiger partial charge in [-0.15, -0.1) is 15.8 Å². The van der Waals surface area contributed by atoms with Crippen LogP contribution in [0, 0.1) is 45.1 Å². The van der Waals surface area contributed by atoms with Crippen LogP contribution in [0.2, 0.25) is 0 Å². The van der Waals surface area contributed by atoms with E-state index in [4.69, 9.17) is 12.8 Å². The first kappa shape index (κ1) is 39.3. The van der Waals surface area contributed by atoms with Gasteiger partial charge in [-0.05, 0) is 75.5 Å². The van der Waals surface area contributed by atoms with Gasteiger partial charge < -0.3 is 0 Å². The Labute approximate surface area is 234 Å². The maximum absolute atomic E-state index is 4.85. The fourth-order valence-corrected chi connectivity index (χ4v) is 9.74. The molecule has 0 radical (unpaired) electrons. The second kappa shape index (κ2) is 38.3. The van der Waals surface area contributed by atoms with E-state index in [9.17, 15) is 0 Å². The van der Waals surface area contributed by atoms with Crippen molar-refractivity contribution >= 4 is 15.8 Å². The fraction of sp³-hybridized carbons (Fsp3) is 0.750. The van der Waals surface area contributed by atoms with Crippen LogP contribution in [-0.2, 0) is 18.6 Å². The van der Waals surface area contributed by atoms with E-state index < -0.39 is 18.6 Å². The molecule has 0 aromatic heterocycles. The normalized spacial score (nSPS) is 9.43. The zero-order chi connectivity index (χ0) is 26.8. The van der Waals surface area contributed by atoms with Crippen molar-refractivity contribution in [2.24, 2.45) is 0 Å². The van der Waals surface area contributed by atoms with Crippen LogP contribution in [0.3, 0.4) is 0 Å². The van der Waals surface area contributed by atoms with Crippen LogP contribution in [0.5, 0.6) is 0 Å². The largest absolute Gasteiger partial charge is 0.107 e. The van der Waals surface area contributed by atoms with Crippen LogP contribution in [0.4, 0.5) is 0 Å². The molecular formula is C32H56P2Pt. The summed E-state index contributed by atoms with van der Waals surface area (Å²) in [5, 5.41) is 0. The Morgan fingerprint density at radius 3 is 0.857 bits per heavy atom. The Kier molecular flexibility index (Phi) is 43.0. The molecule has 0 atom stereocenters. The van der Waals surface area contributed by atoms with Crippen LogP contribution in [-0.4, -0.2) is 37.0 Å². The Bertz CT molecular complexity index is 514. The van der Waals surface area contributed by atoms with Gasteiger partial charge in [0.05, 0.1) is 0 Å². The van der Waals surface area contributed by atoms with Crippen LogP contribution in [0.25, 0.3) is 0 Å². The maximum atomic E-state index is 4.85. The number of terminal acetylenes is 2. The van der Waals surface area contributed by atoms with E-state index in [1.807, 2.05) is 0 Å². The molecule has 0 heterocycles. The molecule has 0 rings (SSSR count). The molecule has 0 fully saturated rings. The van der Waals surface area contributed by atoms with Crippen molar-refractivity contribution < 1.29 is 18.6 Å². The van der Waals surface area contributed by atoms with Crippen molar-refractivity contribution in [1.29, 1.82) is 0 Å². The number of unbranched alkanes of at least 4 members (excludes halogenated alkanes) is 6. The maximum Gasteiger partial charge on any atom is -0.0326 e. The first-order valence-electron chi connectivity index (χ1n) is 14.0. The first-order chi connectivity index (χ1) is 17.1. The molecule has 0 aliphatic heterocycles. The summed E-state index contributed by atoms with van der Waals surface area (Å²) in [7, 11) is 0.843. The molecule has 35 heavy (non-hydrogen) atoms. The molecule has 0 spiro atoms. The summed E-state index contributed by atoms with van der Waals surface area (Å²) in [6, 6.07) is 0. The molecule has 0 amide bonds. The summed E-state index contributed by atoms with van der Waals surface area (Å²) in [5.41, 5.74) is 0. The molecule has 0 unspecified atom stereocenters. The zero-order valence-corrected chi connectivity index (χ0v) is 28.2. The predicted octanol–water partition coefficient (Wildman–Crippen LogP) is 9.99. The van der Waals surface area contributed by atoms with E-state index in [1.54, 1.807) is 37.0 Å². The van der Waals surface area contributed by atoms with E-state index in [-0.39, 0.29) is 0 Å². The first-order valence-corrected chi connectivity index (χ1v) is 20.1. The standard InChI is InChI=1S/2C12H27P.2C4H.Pt/c2*1-4-7-10-13(11-8-5-2)12-9-6-3;2*1-3-4-2;/h2*4-12H2,1-3H3;2*1H;. The Hall–Kier alpha value is -0.212. The van der Waals surface area contributed by atoms with Gasteiger partial charge in [0.15, 0.2) is 0 Å².